The van der Waals surface area contributed by atoms with Crippen molar-refractivity contribution in [2.45, 2.75) is 27.2 Å². The van der Waals surface area contributed by atoms with E-state index in [0.29, 0.717) is 6.61 Å². The minimum Gasteiger partial charge on any atom is -0.481 e. The van der Waals surface area contributed by atoms with Crippen LogP contribution in [0.5, 0.6) is 0 Å². The van der Waals surface area contributed by atoms with Gasteiger partial charge in [0.05, 0.1) is 5.41 Å². The van der Waals surface area contributed by atoms with Crippen LogP contribution in [-0.2, 0) is 14.3 Å². The third kappa shape index (κ3) is 6.06. The third-order valence-corrected chi connectivity index (χ3v) is 1.89. The number of carbonyl (C=O) groups excluding carboxylic acids is 1. The van der Waals surface area contributed by atoms with Gasteiger partial charge in [-0.2, -0.15) is 0 Å². The highest BCUT2D eigenvalue weighted by molar-refractivity contribution is 5.79. The molecule has 0 atom stereocenters. The highest BCUT2D eigenvalue weighted by Crippen LogP contribution is 2.12. The zero-order chi connectivity index (χ0) is 11.9. The normalized spacial score (nSPS) is 11.1. The number of ether oxygens (including phenoxy) is 1. The lowest BCUT2D eigenvalue weighted by Gasteiger charge is -2.19. The molecule has 15 heavy (non-hydrogen) atoms. The van der Waals surface area contributed by atoms with Crippen molar-refractivity contribution < 1.29 is 19.4 Å². The molecule has 1 amide bonds. The van der Waals surface area contributed by atoms with E-state index in [-0.39, 0.29) is 19.1 Å². The molecule has 5 heteroatoms. The average molecular weight is 217 g/mol. The van der Waals surface area contributed by atoms with Crippen molar-refractivity contribution >= 4 is 11.9 Å². The molecule has 5 nitrogen and oxygen atoms in total. The predicted molar refractivity (Wildman–Crippen MR) is 55.5 cm³/mol. The molecular formula is C10H19NO4. The number of carboxylic acids is 1. The summed E-state index contributed by atoms with van der Waals surface area (Å²) in [5, 5.41) is 11.3. The molecule has 0 saturated heterocycles. The lowest BCUT2D eigenvalue weighted by molar-refractivity contribution is -0.146. The minimum absolute atomic E-state index is 0.0104. The van der Waals surface area contributed by atoms with Crippen LogP contribution in [-0.4, -0.2) is 36.7 Å². The molecule has 0 aromatic carbocycles. The van der Waals surface area contributed by atoms with Crippen molar-refractivity contribution in [2.75, 3.05) is 19.8 Å². The van der Waals surface area contributed by atoms with Crippen LogP contribution in [0.3, 0.4) is 0 Å². The quantitative estimate of drug-likeness (QED) is 0.614. The maximum absolute atomic E-state index is 11.2. The lowest BCUT2D eigenvalue weighted by atomic mass is 9.94. The van der Waals surface area contributed by atoms with E-state index in [1.807, 2.05) is 6.92 Å². The molecule has 2 N–H and O–H groups in total. The third-order valence-electron chi connectivity index (χ3n) is 1.89. The van der Waals surface area contributed by atoms with Crippen LogP contribution in [0.2, 0.25) is 0 Å². The first kappa shape index (κ1) is 13.9. The molecular weight excluding hydrogens is 198 g/mol. The second kappa shape index (κ2) is 6.40. The first-order valence-electron chi connectivity index (χ1n) is 4.98. The van der Waals surface area contributed by atoms with Gasteiger partial charge in [0.15, 0.2) is 0 Å². The van der Waals surface area contributed by atoms with Crippen molar-refractivity contribution in [3.8, 4) is 0 Å². The Morgan fingerprint density at radius 2 is 2.00 bits per heavy atom. The first-order valence-corrected chi connectivity index (χ1v) is 4.98. The fraction of sp³-hybridized carbons (Fsp3) is 0.800. The molecule has 0 saturated carbocycles. The van der Waals surface area contributed by atoms with Gasteiger partial charge in [0.25, 0.3) is 0 Å². The van der Waals surface area contributed by atoms with Gasteiger partial charge in [-0.25, -0.2) is 0 Å². The van der Waals surface area contributed by atoms with Gasteiger partial charge in [0.1, 0.15) is 6.61 Å². The molecule has 0 bridgehead atoms. The average Bonchev–Trinajstić information content (AvgIpc) is 2.15. The summed E-state index contributed by atoms with van der Waals surface area (Å²) in [5.74, 6) is -1.21. The van der Waals surface area contributed by atoms with E-state index >= 15 is 0 Å². The Balaban J connectivity index is 3.75. The molecule has 0 aromatic rings. The molecule has 0 aliphatic rings. The topological polar surface area (TPSA) is 75.6 Å². The standard InChI is InChI=1S/C10H19NO4/c1-4-5-15-6-8(12)11-7-10(2,3)9(13)14/h4-7H2,1-3H3,(H,11,12)(H,13,14). The van der Waals surface area contributed by atoms with Crippen LogP contribution in [0, 0.1) is 5.41 Å². The molecule has 0 unspecified atom stereocenters. The van der Waals surface area contributed by atoms with Gasteiger partial charge in [0.2, 0.25) is 5.91 Å². The van der Waals surface area contributed by atoms with Crippen molar-refractivity contribution in [3.63, 3.8) is 0 Å². The monoisotopic (exact) mass is 217 g/mol. The van der Waals surface area contributed by atoms with Crippen molar-refractivity contribution in [1.82, 2.24) is 5.32 Å². The Labute approximate surface area is 89.8 Å². The maximum Gasteiger partial charge on any atom is 0.310 e. The van der Waals surface area contributed by atoms with E-state index in [9.17, 15) is 9.59 Å². The summed E-state index contributed by atoms with van der Waals surface area (Å²) in [6.45, 7) is 5.70. The summed E-state index contributed by atoms with van der Waals surface area (Å²) < 4.78 is 5.01. The van der Waals surface area contributed by atoms with E-state index < -0.39 is 11.4 Å². The van der Waals surface area contributed by atoms with Crippen molar-refractivity contribution in [3.05, 3.63) is 0 Å². The van der Waals surface area contributed by atoms with Crippen molar-refractivity contribution in [2.24, 2.45) is 5.41 Å². The smallest absolute Gasteiger partial charge is 0.310 e. The minimum atomic E-state index is -0.944. The molecule has 0 rings (SSSR count). The summed E-state index contributed by atoms with van der Waals surface area (Å²) in [6, 6.07) is 0. The second-order valence-electron chi connectivity index (χ2n) is 4.02. The largest absolute Gasteiger partial charge is 0.481 e. The van der Waals surface area contributed by atoms with Gasteiger partial charge in [-0.05, 0) is 20.3 Å². The molecule has 0 aliphatic heterocycles. The summed E-state index contributed by atoms with van der Waals surface area (Å²) >= 11 is 0. The van der Waals surface area contributed by atoms with Crippen LogP contribution in [0.1, 0.15) is 27.2 Å². The van der Waals surface area contributed by atoms with Crippen LogP contribution in [0.15, 0.2) is 0 Å². The Morgan fingerprint density at radius 3 is 2.47 bits per heavy atom. The number of nitrogens with one attached hydrogen (secondary N) is 1. The van der Waals surface area contributed by atoms with E-state index in [4.69, 9.17) is 9.84 Å². The Morgan fingerprint density at radius 1 is 1.40 bits per heavy atom. The lowest BCUT2D eigenvalue weighted by Crippen LogP contribution is -2.40. The molecule has 0 radical (unpaired) electrons. The predicted octanol–water partition coefficient (Wildman–Crippen LogP) is 0.640. The van der Waals surface area contributed by atoms with E-state index in [2.05, 4.69) is 5.32 Å². The summed E-state index contributed by atoms with van der Waals surface area (Å²) in [4.78, 5) is 21.9. The maximum atomic E-state index is 11.2. The van der Waals surface area contributed by atoms with Crippen LogP contribution in [0.4, 0.5) is 0 Å². The fourth-order valence-corrected chi connectivity index (χ4v) is 0.755. The summed E-state index contributed by atoms with van der Waals surface area (Å²) in [7, 11) is 0. The Bertz CT molecular complexity index is 225. The van der Waals surface area contributed by atoms with E-state index in [1.165, 1.54) is 0 Å². The van der Waals surface area contributed by atoms with E-state index in [1.54, 1.807) is 13.8 Å². The van der Waals surface area contributed by atoms with Crippen molar-refractivity contribution in [1.29, 1.82) is 0 Å². The summed E-state index contributed by atoms with van der Waals surface area (Å²) in [5.41, 5.74) is -0.944. The number of hydrogen-bond acceptors (Lipinski definition) is 3. The summed E-state index contributed by atoms with van der Waals surface area (Å²) in [6.07, 6.45) is 0.855. The molecule has 0 spiro atoms. The van der Waals surface area contributed by atoms with Gasteiger partial charge < -0.3 is 15.2 Å². The number of aliphatic carboxylic acids is 1. The molecule has 0 aliphatic carbocycles. The van der Waals surface area contributed by atoms with Gasteiger partial charge in [-0.3, -0.25) is 9.59 Å². The van der Waals surface area contributed by atoms with Crippen LogP contribution < -0.4 is 5.32 Å². The number of rotatable bonds is 7. The first-order chi connectivity index (χ1) is 6.90. The van der Waals surface area contributed by atoms with Gasteiger partial charge >= 0.3 is 5.97 Å². The number of amides is 1. The van der Waals surface area contributed by atoms with E-state index in [0.717, 1.165) is 6.42 Å². The van der Waals surface area contributed by atoms with Crippen LogP contribution in [0.25, 0.3) is 0 Å². The Kier molecular flexibility index (Phi) is 5.93. The second-order valence-corrected chi connectivity index (χ2v) is 4.02. The molecule has 0 fully saturated rings. The zero-order valence-electron chi connectivity index (χ0n) is 9.50. The highest BCUT2D eigenvalue weighted by Gasteiger charge is 2.27. The van der Waals surface area contributed by atoms with Crippen LogP contribution >= 0.6 is 0 Å². The van der Waals surface area contributed by atoms with Gasteiger partial charge in [0, 0.05) is 13.2 Å². The number of carboxylic acid groups (broad SMARTS) is 1. The number of carbonyl (C=O) groups is 2. The number of hydrogen-bond donors (Lipinski definition) is 2. The molecule has 0 heterocycles. The zero-order valence-corrected chi connectivity index (χ0v) is 9.50. The Hall–Kier alpha value is -1.10. The SMILES string of the molecule is CCCOCC(=O)NCC(C)(C)C(=O)O. The van der Waals surface area contributed by atoms with Gasteiger partial charge in [-0.1, -0.05) is 6.92 Å². The molecule has 88 valence electrons. The highest BCUT2D eigenvalue weighted by atomic mass is 16.5. The fourth-order valence-electron chi connectivity index (χ4n) is 0.755. The van der Waals surface area contributed by atoms with Gasteiger partial charge in [-0.15, -0.1) is 0 Å². The molecule has 0 aromatic heterocycles.